The van der Waals surface area contributed by atoms with Crippen molar-refractivity contribution in [3.8, 4) is 0 Å². The Morgan fingerprint density at radius 3 is 1.88 bits per heavy atom. The van der Waals surface area contributed by atoms with Gasteiger partial charge in [-0.15, -0.1) is 5.11 Å². The minimum Gasteiger partial charge on any atom is -0.322 e. The zero-order chi connectivity index (χ0) is 12.6. The van der Waals surface area contributed by atoms with Crippen LogP contribution in [0.2, 0.25) is 0 Å². The van der Waals surface area contributed by atoms with Crippen molar-refractivity contribution in [3.63, 3.8) is 0 Å². The van der Waals surface area contributed by atoms with Crippen molar-refractivity contribution in [2.24, 2.45) is 21.2 Å². The number of nitrogens with zero attached hydrogens (tertiary/aromatic N) is 3. The average Bonchev–Trinajstić information content (AvgIpc) is 2.35. The van der Waals surface area contributed by atoms with Gasteiger partial charge in [-0.2, -0.15) is 10.2 Å². The zero-order valence-corrected chi connectivity index (χ0v) is 11.3. The molecule has 0 atom stereocenters. The quantitative estimate of drug-likeness (QED) is 0.136. The van der Waals surface area contributed by atoms with Crippen LogP contribution in [0, 0.1) is 0 Å². The lowest BCUT2D eigenvalue weighted by Gasteiger charge is -2.00. The summed E-state index contributed by atoms with van der Waals surface area (Å²) in [7, 11) is 0. The number of unbranched alkanes of at least 4 members (excludes halogenated alkanes) is 9. The maximum Gasteiger partial charge on any atom is 0.157 e. The van der Waals surface area contributed by atoms with Crippen LogP contribution < -0.4 is 5.84 Å². The summed E-state index contributed by atoms with van der Waals surface area (Å²) in [6, 6.07) is 0. The summed E-state index contributed by atoms with van der Waals surface area (Å²) in [5.41, 5.74) is 0. The third kappa shape index (κ3) is 15.1. The monoisotopic (exact) mass is 240 g/mol. The molecule has 0 unspecified atom stereocenters. The summed E-state index contributed by atoms with van der Waals surface area (Å²) in [6.07, 6.45) is 14.7. The predicted molar refractivity (Wildman–Crippen MR) is 74.2 cm³/mol. The summed E-state index contributed by atoms with van der Waals surface area (Å²) in [5.74, 6) is 4.88. The Labute approximate surface area is 106 Å². The zero-order valence-electron chi connectivity index (χ0n) is 11.3. The molecule has 0 amide bonds. The summed E-state index contributed by atoms with van der Waals surface area (Å²) < 4.78 is 0. The molecule has 0 aliphatic rings. The van der Waals surface area contributed by atoms with Crippen LogP contribution >= 0.6 is 0 Å². The molecule has 0 rings (SSSR count). The molecule has 0 bridgehead atoms. The van der Waals surface area contributed by atoms with Crippen LogP contribution in [0.1, 0.15) is 71.1 Å². The van der Waals surface area contributed by atoms with E-state index >= 15 is 0 Å². The summed E-state index contributed by atoms with van der Waals surface area (Å²) >= 11 is 0. The molecule has 100 valence electrons. The molecule has 0 saturated heterocycles. The first-order valence-electron chi connectivity index (χ1n) is 7.00. The standard InChI is InChI=1S/C13H28N4/c1-2-3-4-5-6-7-8-9-10-11-12-16-17-13-15-14/h13H,2-12,14H2,1H3. The van der Waals surface area contributed by atoms with Crippen LogP contribution in [-0.4, -0.2) is 12.9 Å². The summed E-state index contributed by atoms with van der Waals surface area (Å²) in [6.45, 7) is 3.05. The smallest absolute Gasteiger partial charge is 0.157 e. The second kappa shape index (κ2) is 15.1. The molecule has 0 fully saturated rings. The van der Waals surface area contributed by atoms with Crippen LogP contribution in [0.4, 0.5) is 0 Å². The van der Waals surface area contributed by atoms with Crippen molar-refractivity contribution in [3.05, 3.63) is 0 Å². The number of hydrazone groups is 1. The molecule has 2 N–H and O–H groups in total. The highest BCUT2D eigenvalue weighted by atomic mass is 15.2. The largest absolute Gasteiger partial charge is 0.322 e. The van der Waals surface area contributed by atoms with Crippen LogP contribution in [0.15, 0.2) is 15.3 Å². The average molecular weight is 240 g/mol. The van der Waals surface area contributed by atoms with Crippen molar-refractivity contribution in [2.75, 3.05) is 6.54 Å². The van der Waals surface area contributed by atoms with E-state index in [1.807, 2.05) is 0 Å². The Kier molecular flexibility index (Phi) is 14.2. The fourth-order valence-corrected chi connectivity index (χ4v) is 1.79. The fourth-order valence-electron chi connectivity index (χ4n) is 1.79. The molecular formula is C13H28N4. The highest BCUT2D eigenvalue weighted by Crippen LogP contribution is 2.10. The highest BCUT2D eigenvalue weighted by molar-refractivity contribution is 5.53. The topological polar surface area (TPSA) is 63.1 Å². The maximum atomic E-state index is 4.88. The molecule has 0 spiro atoms. The number of rotatable bonds is 12. The predicted octanol–water partition coefficient (Wildman–Crippen LogP) is 4.26. The van der Waals surface area contributed by atoms with Gasteiger partial charge in [0.2, 0.25) is 0 Å². The Morgan fingerprint density at radius 1 is 0.824 bits per heavy atom. The van der Waals surface area contributed by atoms with E-state index in [2.05, 4.69) is 22.3 Å². The molecule has 0 radical (unpaired) electrons. The van der Waals surface area contributed by atoms with Crippen LogP contribution in [-0.2, 0) is 0 Å². The first kappa shape index (κ1) is 16.1. The number of nitrogens with two attached hydrogens (primary N) is 1. The van der Waals surface area contributed by atoms with Crippen LogP contribution in [0.5, 0.6) is 0 Å². The third-order valence-corrected chi connectivity index (χ3v) is 2.81. The first-order chi connectivity index (χ1) is 8.41. The highest BCUT2D eigenvalue weighted by Gasteiger charge is 1.91. The molecule has 0 aromatic rings. The second-order valence-electron chi connectivity index (χ2n) is 4.43. The summed E-state index contributed by atoms with van der Waals surface area (Å²) in [4.78, 5) is 0. The number of hydrogen-bond acceptors (Lipinski definition) is 3. The van der Waals surface area contributed by atoms with Gasteiger partial charge >= 0.3 is 0 Å². The van der Waals surface area contributed by atoms with E-state index in [9.17, 15) is 0 Å². The van der Waals surface area contributed by atoms with E-state index in [0.29, 0.717) is 0 Å². The maximum absolute atomic E-state index is 4.88. The van der Waals surface area contributed by atoms with Gasteiger partial charge < -0.3 is 5.84 Å². The van der Waals surface area contributed by atoms with Crippen molar-refractivity contribution in [1.82, 2.24) is 0 Å². The minimum atomic E-state index is 0.794. The van der Waals surface area contributed by atoms with Crippen molar-refractivity contribution in [2.45, 2.75) is 71.1 Å². The Hall–Kier alpha value is -0.930. The van der Waals surface area contributed by atoms with Gasteiger partial charge in [-0.1, -0.05) is 64.7 Å². The van der Waals surface area contributed by atoms with E-state index in [0.717, 1.165) is 13.0 Å². The van der Waals surface area contributed by atoms with E-state index in [1.54, 1.807) is 0 Å². The Morgan fingerprint density at radius 2 is 1.35 bits per heavy atom. The van der Waals surface area contributed by atoms with E-state index in [-0.39, 0.29) is 0 Å². The lowest BCUT2D eigenvalue weighted by Crippen LogP contribution is -1.84. The second-order valence-corrected chi connectivity index (χ2v) is 4.43. The molecule has 0 aromatic heterocycles. The lowest BCUT2D eigenvalue weighted by molar-refractivity contribution is 0.557. The lowest BCUT2D eigenvalue weighted by atomic mass is 10.1. The molecule has 0 aliphatic heterocycles. The summed E-state index contributed by atoms with van der Waals surface area (Å²) in [5, 5.41) is 10.8. The molecular weight excluding hydrogens is 212 g/mol. The van der Waals surface area contributed by atoms with E-state index in [4.69, 9.17) is 5.84 Å². The minimum absolute atomic E-state index is 0.794. The van der Waals surface area contributed by atoms with Gasteiger partial charge in [0, 0.05) is 0 Å². The molecule has 0 aliphatic carbocycles. The first-order valence-corrected chi connectivity index (χ1v) is 7.00. The SMILES string of the molecule is CCCCCCCCCCCCN=NC=NN. The van der Waals surface area contributed by atoms with Crippen molar-refractivity contribution < 1.29 is 0 Å². The van der Waals surface area contributed by atoms with Crippen molar-refractivity contribution in [1.29, 1.82) is 0 Å². The molecule has 17 heavy (non-hydrogen) atoms. The van der Waals surface area contributed by atoms with Gasteiger partial charge in [-0.3, -0.25) is 0 Å². The molecule has 4 nitrogen and oxygen atoms in total. The molecule has 4 heteroatoms. The van der Waals surface area contributed by atoms with E-state index in [1.165, 1.54) is 64.1 Å². The third-order valence-electron chi connectivity index (χ3n) is 2.81. The van der Waals surface area contributed by atoms with E-state index < -0.39 is 0 Å². The van der Waals surface area contributed by atoms with Gasteiger partial charge in [0.15, 0.2) is 6.34 Å². The van der Waals surface area contributed by atoms with Crippen LogP contribution in [0.3, 0.4) is 0 Å². The van der Waals surface area contributed by atoms with Crippen molar-refractivity contribution >= 4 is 6.34 Å². The van der Waals surface area contributed by atoms with Gasteiger partial charge in [0.25, 0.3) is 0 Å². The van der Waals surface area contributed by atoms with Crippen LogP contribution in [0.25, 0.3) is 0 Å². The number of hydrogen-bond donors (Lipinski definition) is 1. The Bertz CT molecular complexity index is 190. The molecule has 0 saturated carbocycles. The normalized spacial score (nSPS) is 11.8. The van der Waals surface area contributed by atoms with Gasteiger partial charge in [0.05, 0.1) is 6.54 Å². The number of azo groups is 1. The molecule has 0 heterocycles. The molecule has 0 aromatic carbocycles. The Balaban J connectivity index is 2.98. The van der Waals surface area contributed by atoms with Gasteiger partial charge in [-0.05, 0) is 6.42 Å². The van der Waals surface area contributed by atoms with Gasteiger partial charge in [0.1, 0.15) is 0 Å². The van der Waals surface area contributed by atoms with Gasteiger partial charge in [-0.25, -0.2) is 0 Å². The fraction of sp³-hybridized carbons (Fsp3) is 0.923.